The molecule has 0 bridgehead atoms. The predicted octanol–water partition coefficient (Wildman–Crippen LogP) is 3.89. The molecule has 0 spiro atoms. The average molecular weight is 297 g/mol. The van der Waals surface area contributed by atoms with Crippen LogP contribution in [0.25, 0.3) is 0 Å². The summed E-state index contributed by atoms with van der Waals surface area (Å²) in [7, 11) is 0. The van der Waals surface area contributed by atoms with E-state index in [0.29, 0.717) is 18.8 Å². The van der Waals surface area contributed by atoms with Crippen molar-refractivity contribution in [1.82, 2.24) is 5.32 Å². The van der Waals surface area contributed by atoms with Crippen LogP contribution in [0, 0.1) is 5.92 Å². The van der Waals surface area contributed by atoms with Crippen molar-refractivity contribution in [2.75, 3.05) is 0 Å². The number of carbonyl (C=O) groups excluding carboxylic acids is 1. The van der Waals surface area contributed by atoms with Gasteiger partial charge in [0.05, 0.1) is 0 Å². The van der Waals surface area contributed by atoms with Crippen molar-refractivity contribution in [2.45, 2.75) is 90.0 Å². The maximum absolute atomic E-state index is 11.9. The van der Waals surface area contributed by atoms with E-state index in [0.717, 1.165) is 32.1 Å². The number of hydrogen-bond donors (Lipinski definition) is 2. The molecule has 4 nitrogen and oxygen atoms in total. The molecule has 21 heavy (non-hydrogen) atoms. The normalized spacial score (nSPS) is 16.8. The minimum Gasteiger partial charge on any atom is -0.480 e. The molecule has 0 aromatic carbocycles. The zero-order chi connectivity index (χ0) is 15.5. The fourth-order valence-corrected chi connectivity index (χ4v) is 3.12. The maximum atomic E-state index is 11.9. The average Bonchev–Trinajstić information content (AvgIpc) is 2.93. The van der Waals surface area contributed by atoms with Crippen molar-refractivity contribution in [3.05, 3.63) is 0 Å². The molecule has 1 aliphatic rings. The summed E-state index contributed by atoms with van der Waals surface area (Å²) in [5.41, 5.74) is 0. The SMILES string of the molecule is CCCCCCCC[C@@H](NC(=O)CC1CCCC1)C(=O)O. The lowest BCUT2D eigenvalue weighted by Gasteiger charge is -2.16. The zero-order valence-corrected chi connectivity index (χ0v) is 13.4. The van der Waals surface area contributed by atoms with Crippen molar-refractivity contribution < 1.29 is 14.7 Å². The van der Waals surface area contributed by atoms with Gasteiger partial charge in [-0.25, -0.2) is 4.79 Å². The number of nitrogens with one attached hydrogen (secondary N) is 1. The number of rotatable bonds is 11. The van der Waals surface area contributed by atoms with Crippen LogP contribution in [-0.4, -0.2) is 23.0 Å². The summed E-state index contributed by atoms with van der Waals surface area (Å²) in [6, 6.07) is -0.704. The van der Waals surface area contributed by atoms with E-state index in [4.69, 9.17) is 0 Å². The topological polar surface area (TPSA) is 66.4 Å². The third kappa shape index (κ3) is 8.08. The number of carboxylic acid groups (broad SMARTS) is 1. The molecule has 2 N–H and O–H groups in total. The molecule has 0 aromatic heterocycles. The Bertz CT molecular complexity index is 311. The van der Waals surface area contributed by atoms with Gasteiger partial charge in [0.2, 0.25) is 5.91 Å². The summed E-state index contributed by atoms with van der Waals surface area (Å²) >= 11 is 0. The third-order valence-electron chi connectivity index (χ3n) is 4.43. The van der Waals surface area contributed by atoms with E-state index in [9.17, 15) is 14.7 Å². The molecule has 0 heterocycles. The molecule has 0 saturated heterocycles. The first-order valence-electron chi connectivity index (χ1n) is 8.65. The molecule has 1 rings (SSSR count). The van der Waals surface area contributed by atoms with Gasteiger partial charge in [-0.1, -0.05) is 58.3 Å². The number of carbonyl (C=O) groups is 2. The molecule has 1 fully saturated rings. The first-order valence-corrected chi connectivity index (χ1v) is 8.65. The summed E-state index contributed by atoms with van der Waals surface area (Å²) in [6.45, 7) is 2.18. The Morgan fingerprint density at radius 3 is 2.33 bits per heavy atom. The van der Waals surface area contributed by atoms with E-state index in [1.807, 2.05) is 0 Å². The molecule has 1 aliphatic carbocycles. The molecule has 0 aliphatic heterocycles. The van der Waals surface area contributed by atoms with Crippen molar-refractivity contribution in [1.29, 1.82) is 0 Å². The van der Waals surface area contributed by atoms with Gasteiger partial charge in [-0.3, -0.25) is 4.79 Å². The van der Waals surface area contributed by atoms with Crippen LogP contribution in [0.1, 0.15) is 84.0 Å². The van der Waals surface area contributed by atoms with Gasteiger partial charge in [-0.05, 0) is 25.2 Å². The van der Waals surface area contributed by atoms with Crippen molar-refractivity contribution in [2.24, 2.45) is 5.92 Å². The monoisotopic (exact) mass is 297 g/mol. The molecule has 1 saturated carbocycles. The van der Waals surface area contributed by atoms with Crippen LogP contribution in [0.2, 0.25) is 0 Å². The first kappa shape index (κ1) is 18.0. The van der Waals surface area contributed by atoms with Gasteiger partial charge >= 0.3 is 5.97 Å². The Morgan fingerprint density at radius 2 is 1.71 bits per heavy atom. The van der Waals surface area contributed by atoms with Crippen LogP contribution in [0.4, 0.5) is 0 Å². The summed E-state index contributed by atoms with van der Waals surface area (Å²) in [5.74, 6) is -0.517. The minimum absolute atomic E-state index is 0.0831. The van der Waals surface area contributed by atoms with Crippen LogP contribution >= 0.6 is 0 Å². The lowest BCUT2D eigenvalue weighted by atomic mass is 10.0. The van der Waals surface area contributed by atoms with Gasteiger partial charge in [0.1, 0.15) is 6.04 Å². The van der Waals surface area contributed by atoms with Crippen LogP contribution < -0.4 is 5.32 Å². The Labute approximate surface area is 128 Å². The van der Waals surface area contributed by atoms with Gasteiger partial charge in [-0.15, -0.1) is 0 Å². The molecule has 4 heteroatoms. The van der Waals surface area contributed by atoms with Gasteiger partial charge in [0.15, 0.2) is 0 Å². The highest BCUT2D eigenvalue weighted by Gasteiger charge is 2.23. The van der Waals surface area contributed by atoms with Crippen LogP contribution in [0.5, 0.6) is 0 Å². The Hall–Kier alpha value is -1.06. The number of amides is 1. The Kier molecular flexibility index (Phi) is 9.11. The number of aliphatic carboxylic acids is 1. The summed E-state index contributed by atoms with van der Waals surface area (Å²) in [5, 5.41) is 11.9. The molecule has 0 aromatic rings. The summed E-state index contributed by atoms with van der Waals surface area (Å²) < 4.78 is 0. The highest BCUT2D eigenvalue weighted by atomic mass is 16.4. The van der Waals surface area contributed by atoms with Gasteiger partial charge < -0.3 is 10.4 Å². The van der Waals surface area contributed by atoms with E-state index in [2.05, 4.69) is 12.2 Å². The highest BCUT2D eigenvalue weighted by molar-refractivity contribution is 5.83. The van der Waals surface area contributed by atoms with Crippen molar-refractivity contribution >= 4 is 11.9 Å². The lowest BCUT2D eigenvalue weighted by Crippen LogP contribution is -2.41. The lowest BCUT2D eigenvalue weighted by molar-refractivity contribution is -0.142. The molecule has 1 atom stereocenters. The van der Waals surface area contributed by atoms with Gasteiger partial charge in [-0.2, -0.15) is 0 Å². The summed E-state index contributed by atoms with van der Waals surface area (Å²) in [6.07, 6.45) is 12.5. The minimum atomic E-state index is -0.900. The zero-order valence-electron chi connectivity index (χ0n) is 13.4. The number of carboxylic acids is 1. The van der Waals surface area contributed by atoms with Crippen LogP contribution in [0.15, 0.2) is 0 Å². The largest absolute Gasteiger partial charge is 0.480 e. The molecule has 0 radical (unpaired) electrons. The predicted molar refractivity (Wildman–Crippen MR) is 84.1 cm³/mol. The molecule has 1 amide bonds. The fraction of sp³-hybridized carbons (Fsp3) is 0.882. The van der Waals surface area contributed by atoms with E-state index < -0.39 is 12.0 Å². The van der Waals surface area contributed by atoms with E-state index in [1.165, 1.54) is 32.1 Å². The second kappa shape index (κ2) is 10.6. The number of unbranched alkanes of at least 4 members (excludes halogenated alkanes) is 5. The maximum Gasteiger partial charge on any atom is 0.326 e. The fourth-order valence-electron chi connectivity index (χ4n) is 3.12. The molecular formula is C17H31NO3. The third-order valence-corrected chi connectivity index (χ3v) is 4.43. The molecular weight excluding hydrogens is 266 g/mol. The van der Waals surface area contributed by atoms with Gasteiger partial charge in [0.25, 0.3) is 0 Å². The van der Waals surface area contributed by atoms with Crippen molar-refractivity contribution in [3.63, 3.8) is 0 Å². The quantitative estimate of drug-likeness (QED) is 0.569. The second-order valence-electron chi connectivity index (χ2n) is 6.37. The Morgan fingerprint density at radius 1 is 1.10 bits per heavy atom. The van der Waals surface area contributed by atoms with E-state index in [-0.39, 0.29) is 5.91 Å². The second-order valence-corrected chi connectivity index (χ2v) is 6.37. The highest BCUT2D eigenvalue weighted by Crippen LogP contribution is 2.27. The van der Waals surface area contributed by atoms with Crippen molar-refractivity contribution in [3.8, 4) is 0 Å². The molecule has 122 valence electrons. The standard InChI is InChI=1S/C17H31NO3/c1-2-3-4-5-6-7-12-15(17(20)21)18-16(19)13-14-10-8-9-11-14/h14-15H,2-13H2,1H3,(H,18,19)(H,20,21)/t15-/m1/s1. The molecule has 0 unspecified atom stereocenters. The van der Waals surface area contributed by atoms with E-state index in [1.54, 1.807) is 0 Å². The van der Waals surface area contributed by atoms with Crippen LogP contribution in [-0.2, 0) is 9.59 Å². The smallest absolute Gasteiger partial charge is 0.326 e. The Balaban J connectivity index is 2.19. The summed E-state index contributed by atoms with van der Waals surface area (Å²) in [4.78, 5) is 23.1. The van der Waals surface area contributed by atoms with Gasteiger partial charge in [0, 0.05) is 6.42 Å². The van der Waals surface area contributed by atoms with E-state index >= 15 is 0 Å². The number of hydrogen-bond acceptors (Lipinski definition) is 2. The first-order chi connectivity index (χ1) is 10.1. The van der Waals surface area contributed by atoms with Crippen LogP contribution in [0.3, 0.4) is 0 Å².